The Bertz CT molecular complexity index is 1350. The van der Waals surface area contributed by atoms with Crippen LogP contribution in [-0.4, -0.2) is 33.7 Å². The fraction of sp³-hybridized carbons (Fsp3) is 0.120. The summed E-state index contributed by atoms with van der Waals surface area (Å²) in [6, 6.07) is 15.4. The van der Waals surface area contributed by atoms with Gasteiger partial charge in [-0.05, 0) is 49.4 Å². The van der Waals surface area contributed by atoms with Crippen molar-refractivity contribution in [1.82, 2.24) is 14.7 Å². The maximum Gasteiger partial charge on any atom is 0.340 e. The van der Waals surface area contributed by atoms with Crippen LogP contribution in [0, 0.1) is 5.82 Å². The average molecular weight is 445 g/mol. The number of halogens is 1. The fourth-order valence-corrected chi connectivity index (χ4v) is 3.45. The Morgan fingerprint density at radius 2 is 1.82 bits per heavy atom. The van der Waals surface area contributed by atoms with Crippen molar-refractivity contribution in [3.63, 3.8) is 0 Å². The predicted octanol–water partition coefficient (Wildman–Crippen LogP) is 3.81. The molecule has 166 valence electrons. The van der Waals surface area contributed by atoms with Crippen molar-refractivity contribution < 1.29 is 23.5 Å². The highest BCUT2D eigenvalue weighted by Crippen LogP contribution is 2.23. The Hall–Kier alpha value is -4.33. The predicted molar refractivity (Wildman–Crippen MR) is 119 cm³/mol. The van der Waals surface area contributed by atoms with Crippen LogP contribution in [0.15, 0.2) is 73.1 Å². The molecule has 7 nitrogen and oxygen atoms in total. The number of nitrogens with one attached hydrogen (secondary N) is 1. The molecule has 1 aromatic carbocycles. The van der Waals surface area contributed by atoms with Crippen LogP contribution in [0.4, 0.5) is 4.39 Å². The number of carbonyl (C=O) groups is 3. The standard InChI is InChI=1S/C25H20FN3O4/c1-2-33-25(32)19-14-22(23(30)18-8-3-4-9-20(18)26)29-12-10-16(13-21(19)29)24(31)28-15-17-7-5-6-11-27-17/h3-14H,2,15H2,1H3,(H,28,31). The van der Waals surface area contributed by atoms with Crippen LogP contribution in [-0.2, 0) is 11.3 Å². The first-order chi connectivity index (χ1) is 16.0. The lowest BCUT2D eigenvalue weighted by Gasteiger charge is -2.08. The number of esters is 1. The third-order valence-corrected chi connectivity index (χ3v) is 5.04. The second kappa shape index (κ2) is 9.44. The molecule has 0 aliphatic heterocycles. The molecule has 4 aromatic rings. The minimum atomic E-state index is -0.666. The quantitative estimate of drug-likeness (QED) is 0.345. The molecule has 1 N–H and O–H groups in total. The van der Waals surface area contributed by atoms with E-state index in [0.717, 1.165) is 0 Å². The van der Waals surface area contributed by atoms with E-state index >= 15 is 0 Å². The van der Waals surface area contributed by atoms with Crippen LogP contribution in [0.2, 0.25) is 0 Å². The second-order valence-electron chi connectivity index (χ2n) is 7.15. The number of ketones is 1. The molecular formula is C25H20FN3O4. The molecule has 0 saturated heterocycles. The Morgan fingerprint density at radius 1 is 1.03 bits per heavy atom. The highest BCUT2D eigenvalue weighted by atomic mass is 19.1. The van der Waals surface area contributed by atoms with Gasteiger partial charge in [0.1, 0.15) is 5.82 Å². The van der Waals surface area contributed by atoms with Crippen LogP contribution in [0.25, 0.3) is 5.52 Å². The van der Waals surface area contributed by atoms with Gasteiger partial charge in [0.25, 0.3) is 5.91 Å². The van der Waals surface area contributed by atoms with Gasteiger partial charge in [-0.3, -0.25) is 14.6 Å². The van der Waals surface area contributed by atoms with E-state index in [0.29, 0.717) is 11.2 Å². The lowest BCUT2D eigenvalue weighted by atomic mass is 10.1. The summed E-state index contributed by atoms with van der Waals surface area (Å²) in [5, 5.41) is 2.77. The van der Waals surface area contributed by atoms with Gasteiger partial charge in [-0.25, -0.2) is 9.18 Å². The molecule has 33 heavy (non-hydrogen) atoms. The van der Waals surface area contributed by atoms with Gasteiger partial charge in [0.15, 0.2) is 0 Å². The van der Waals surface area contributed by atoms with Crippen molar-refractivity contribution in [2.75, 3.05) is 6.61 Å². The Morgan fingerprint density at radius 3 is 2.55 bits per heavy atom. The van der Waals surface area contributed by atoms with E-state index in [1.54, 1.807) is 31.3 Å². The van der Waals surface area contributed by atoms with E-state index in [1.807, 2.05) is 6.07 Å². The number of hydrogen-bond acceptors (Lipinski definition) is 5. The third-order valence-electron chi connectivity index (χ3n) is 5.04. The second-order valence-corrected chi connectivity index (χ2v) is 7.15. The van der Waals surface area contributed by atoms with Gasteiger partial charge in [-0.15, -0.1) is 0 Å². The first-order valence-corrected chi connectivity index (χ1v) is 10.3. The minimum absolute atomic E-state index is 0.0820. The zero-order valence-corrected chi connectivity index (χ0v) is 17.7. The lowest BCUT2D eigenvalue weighted by Crippen LogP contribution is -2.23. The first kappa shape index (κ1) is 21.9. The number of amides is 1. The molecule has 0 bridgehead atoms. The summed E-state index contributed by atoms with van der Waals surface area (Å²) < 4.78 is 20.8. The van der Waals surface area contributed by atoms with E-state index in [-0.39, 0.29) is 41.4 Å². The zero-order chi connectivity index (χ0) is 23.4. The molecule has 0 aliphatic carbocycles. The normalized spacial score (nSPS) is 10.7. The molecule has 0 aliphatic rings. The van der Waals surface area contributed by atoms with Crippen LogP contribution in [0.5, 0.6) is 0 Å². The number of rotatable bonds is 7. The number of hydrogen-bond donors (Lipinski definition) is 1. The number of fused-ring (bicyclic) bond motifs is 1. The van der Waals surface area contributed by atoms with Crippen molar-refractivity contribution in [1.29, 1.82) is 0 Å². The smallest absolute Gasteiger partial charge is 0.340 e. The summed E-state index contributed by atoms with van der Waals surface area (Å²) in [5.74, 6) is -2.28. The number of pyridine rings is 2. The van der Waals surface area contributed by atoms with Gasteiger partial charge in [-0.2, -0.15) is 0 Å². The Labute approximate surface area is 188 Å². The molecule has 1 amide bonds. The summed E-state index contributed by atoms with van der Waals surface area (Å²) in [6.45, 7) is 2.03. The molecule has 0 saturated carbocycles. The van der Waals surface area contributed by atoms with E-state index in [9.17, 15) is 18.8 Å². The van der Waals surface area contributed by atoms with Crippen LogP contribution in [0.3, 0.4) is 0 Å². The van der Waals surface area contributed by atoms with Gasteiger partial charge >= 0.3 is 5.97 Å². The monoisotopic (exact) mass is 445 g/mol. The SMILES string of the molecule is CCOC(=O)c1cc(C(=O)c2ccccc2F)n2ccc(C(=O)NCc3ccccn3)cc12. The molecule has 8 heteroatoms. The van der Waals surface area contributed by atoms with E-state index in [1.165, 1.54) is 47.0 Å². The fourth-order valence-electron chi connectivity index (χ4n) is 3.45. The molecule has 0 fully saturated rings. The highest BCUT2D eigenvalue weighted by molar-refractivity contribution is 6.11. The summed E-state index contributed by atoms with van der Waals surface area (Å²) in [6.07, 6.45) is 3.13. The third kappa shape index (κ3) is 4.50. The van der Waals surface area contributed by atoms with Gasteiger partial charge in [0, 0.05) is 18.0 Å². The number of carbonyl (C=O) groups excluding carboxylic acids is 3. The van der Waals surface area contributed by atoms with Crippen molar-refractivity contribution >= 4 is 23.2 Å². The topological polar surface area (TPSA) is 89.8 Å². The van der Waals surface area contributed by atoms with Gasteiger partial charge in [0.2, 0.25) is 5.78 Å². The highest BCUT2D eigenvalue weighted by Gasteiger charge is 2.24. The summed E-state index contributed by atoms with van der Waals surface area (Å²) in [7, 11) is 0. The van der Waals surface area contributed by atoms with Crippen molar-refractivity contribution in [2.24, 2.45) is 0 Å². The molecule has 0 spiro atoms. The summed E-state index contributed by atoms with van der Waals surface area (Å²) in [5.41, 5.74) is 1.35. The van der Waals surface area contributed by atoms with Crippen LogP contribution < -0.4 is 5.32 Å². The van der Waals surface area contributed by atoms with Gasteiger partial charge < -0.3 is 14.5 Å². The van der Waals surface area contributed by atoms with Gasteiger partial charge in [0.05, 0.1) is 41.2 Å². The molecule has 3 heterocycles. The van der Waals surface area contributed by atoms with Crippen LogP contribution >= 0.6 is 0 Å². The number of ether oxygens (including phenoxy) is 1. The minimum Gasteiger partial charge on any atom is -0.462 e. The molecule has 0 radical (unpaired) electrons. The number of aromatic nitrogens is 2. The van der Waals surface area contributed by atoms with Crippen molar-refractivity contribution in [2.45, 2.75) is 13.5 Å². The van der Waals surface area contributed by atoms with Gasteiger partial charge in [-0.1, -0.05) is 18.2 Å². The zero-order valence-electron chi connectivity index (χ0n) is 17.7. The molecular weight excluding hydrogens is 425 g/mol. The Kier molecular flexibility index (Phi) is 6.26. The van der Waals surface area contributed by atoms with Crippen molar-refractivity contribution in [3.8, 4) is 0 Å². The number of benzene rings is 1. The van der Waals surface area contributed by atoms with E-state index in [4.69, 9.17) is 4.74 Å². The maximum atomic E-state index is 14.2. The summed E-state index contributed by atoms with van der Waals surface area (Å²) >= 11 is 0. The van der Waals surface area contributed by atoms with E-state index < -0.39 is 17.6 Å². The summed E-state index contributed by atoms with van der Waals surface area (Å²) in [4.78, 5) is 42.5. The van der Waals surface area contributed by atoms with Crippen molar-refractivity contribution in [3.05, 3.63) is 107 Å². The molecule has 0 unspecified atom stereocenters. The largest absolute Gasteiger partial charge is 0.462 e. The van der Waals surface area contributed by atoms with E-state index in [2.05, 4.69) is 10.3 Å². The first-order valence-electron chi connectivity index (χ1n) is 10.3. The maximum absolute atomic E-state index is 14.2. The molecule has 3 aromatic heterocycles. The molecule has 0 atom stereocenters. The average Bonchev–Trinajstić information content (AvgIpc) is 3.22. The molecule has 4 rings (SSSR count). The lowest BCUT2D eigenvalue weighted by molar-refractivity contribution is 0.0528. The Balaban J connectivity index is 1.72. The van der Waals surface area contributed by atoms with Crippen LogP contribution in [0.1, 0.15) is 49.4 Å². The number of nitrogens with zero attached hydrogens (tertiary/aromatic N) is 2.